The van der Waals surface area contributed by atoms with E-state index in [1.807, 2.05) is 79.1 Å². The zero-order valence-electron chi connectivity index (χ0n) is 9.61. The predicted molar refractivity (Wildman–Crippen MR) is 71.5 cm³/mol. The molecule has 2 aromatic heterocycles. The molecule has 0 amide bonds. The van der Waals surface area contributed by atoms with Crippen LogP contribution in [-0.4, -0.2) is 9.97 Å². The van der Waals surface area contributed by atoms with Crippen LogP contribution in [0.15, 0.2) is 91.5 Å². The van der Waals surface area contributed by atoms with E-state index < -0.39 is 0 Å². The molecule has 0 aliphatic rings. The first-order valence-corrected chi connectivity index (χ1v) is 5.43. The van der Waals surface area contributed by atoms with Gasteiger partial charge in [0.25, 0.3) is 0 Å². The molecule has 86 valence electrons. The van der Waals surface area contributed by atoms with Crippen LogP contribution in [0.25, 0.3) is 0 Å². The summed E-state index contributed by atoms with van der Waals surface area (Å²) in [5.74, 6) is 0. The maximum Gasteiger partial charge on any atom is 0.0267 e. The molecule has 0 bridgehead atoms. The minimum Gasteiger partial charge on any atom is -0.368 e. The highest BCUT2D eigenvalue weighted by Gasteiger charge is 1.59. The molecular formula is C15H16N2. The Morgan fingerprint density at radius 2 is 0.882 bits per heavy atom. The van der Waals surface area contributed by atoms with Crippen LogP contribution in [0.5, 0.6) is 0 Å². The first-order chi connectivity index (χ1) is 8.50. The van der Waals surface area contributed by atoms with Crippen molar-refractivity contribution in [3.05, 3.63) is 91.5 Å². The molecule has 17 heavy (non-hydrogen) atoms. The van der Waals surface area contributed by atoms with E-state index in [-0.39, 0.29) is 0 Å². The third-order valence-electron chi connectivity index (χ3n) is 1.73. The van der Waals surface area contributed by atoms with Crippen molar-refractivity contribution in [3.63, 3.8) is 0 Å². The van der Waals surface area contributed by atoms with E-state index >= 15 is 0 Å². The molecule has 2 heterocycles. The Bertz CT molecular complexity index is 319. The number of benzene rings is 1. The first-order valence-electron chi connectivity index (χ1n) is 5.43. The second-order valence-corrected chi connectivity index (χ2v) is 3.06. The Morgan fingerprint density at radius 3 is 1.06 bits per heavy atom. The third kappa shape index (κ3) is 8.63. The van der Waals surface area contributed by atoms with Crippen molar-refractivity contribution >= 4 is 0 Å². The van der Waals surface area contributed by atoms with Gasteiger partial charge in [-0.05, 0) is 24.3 Å². The molecule has 0 radical (unpaired) electrons. The summed E-state index contributed by atoms with van der Waals surface area (Å²) in [4.78, 5) is 6.65. The van der Waals surface area contributed by atoms with E-state index in [0.29, 0.717) is 0 Å². The van der Waals surface area contributed by atoms with Crippen molar-refractivity contribution in [1.82, 2.24) is 9.97 Å². The number of aromatic nitrogens is 2. The summed E-state index contributed by atoms with van der Waals surface area (Å²) in [6.07, 6.45) is 7.25. The Hall–Kier alpha value is -2.35. The third-order valence-corrected chi connectivity index (χ3v) is 1.73. The molecule has 0 spiro atoms. The normalized spacial score (nSPS) is 8.00. The van der Waals surface area contributed by atoms with Crippen molar-refractivity contribution in [2.75, 3.05) is 0 Å². The fourth-order valence-electron chi connectivity index (χ4n) is 0.975. The van der Waals surface area contributed by atoms with Crippen molar-refractivity contribution < 1.29 is 0 Å². The highest BCUT2D eigenvalue weighted by molar-refractivity contribution is 4.99. The number of nitrogens with zero attached hydrogens (tertiary/aromatic N) is 1. The molecule has 1 N–H and O–H groups in total. The summed E-state index contributed by atoms with van der Waals surface area (Å²) in [6, 6.07) is 21.6. The second kappa shape index (κ2) is 10.2. The molecular weight excluding hydrogens is 208 g/mol. The van der Waals surface area contributed by atoms with Crippen LogP contribution >= 0.6 is 0 Å². The van der Waals surface area contributed by atoms with Crippen LogP contribution < -0.4 is 0 Å². The van der Waals surface area contributed by atoms with E-state index in [1.54, 1.807) is 12.4 Å². The van der Waals surface area contributed by atoms with Crippen molar-refractivity contribution in [1.29, 1.82) is 0 Å². The number of hydrogen-bond donors (Lipinski definition) is 1. The minimum absolute atomic E-state index is 1.75. The lowest BCUT2D eigenvalue weighted by molar-refractivity contribution is 1.33. The molecule has 3 rings (SSSR count). The van der Waals surface area contributed by atoms with Crippen LogP contribution in [0.1, 0.15) is 0 Å². The monoisotopic (exact) mass is 224 g/mol. The number of H-pyrrole nitrogens is 1. The van der Waals surface area contributed by atoms with E-state index in [9.17, 15) is 0 Å². The van der Waals surface area contributed by atoms with E-state index in [2.05, 4.69) is 9.97 Å². The van der Waals surface area contributed by atoms with Gasteiger partial charge in [0.1, 0.15) is 0 Å². The van der Waals surface area contributed by atoms with Gasteiger partial charge in [-0.25, -0.2) is 0 Å². The van der Waals surface area contributed by atoms with E-state index in [1.165, 1.54) is 0 Å². The Morgan fingerprint density at radius 1 is 0.471 bits per heavy atom. The van der Waals surface area contributed by atoms with Crippen molar-refractivity contribution in [3.8, 4) is 0 Å². The average molecular weight is 224 g/mol. The summed E-state index contributed by atoms with van der Waals surface area (Å²) in [6.45, 7) is 0. The molecule has 1 aromatic carbocycles. The van der Waals surface area contributed by atoms with Crippen LogP contribution in [-0.2, 0) is 0 Å². The van der Waals surface area contributed by atoms with Crippen LogP contribution in [0, 0.1) is 0 Å². The first kappa shape index (κ1) is 12.7. The Labute approximate surface area is 102 Å². The topological polar surface area (TPSA) is 28.7 Å². The molecule has 0 fully saturated rings. The molecule has 0 saturated carbocycles. The molecule has 0 unspecified atom stereocenters. The van der Waals surface area contributed by atoms with Gasteiger partial charge in [-0.2, -0.15) is 0 Å². The zero-order valence-corrected chi connectivity index (χ0v) is 9.61. The molecule has 3 aromatic rings. The molecule has 0 aliphatic carbocycles. The fraction of sp³-hybridized carbons (Fsp3) is 0. The van der Waals surface area contributed by atoms with E-state index in [4.69, 9.17) is 0 Å². The van der Waals surface area contributed by atoms with Gasteiger partial charge in [-0.3, -0.25) is 4.98 Å². The Balaban J connectivity index is 0.000000128. The summed E-state index contributed by atoms with van der Waals surface area (Å²) in [7, 11) is 0. The average Bonchev–Trinajstić information content (AvgIpc) is 3.03. The van der Waals surface area contributed by atoms with Gasteiger partial charge in [0.15, 0.2) is 0 Å². The summed E-state index contributed by atoms with van der Waals surface area (Å²) >= 11 is 0. The lowest BCUT2D eigenvalue weighted by Gasteiger charge is -1.70. The van der Waals surface area contributed by atoms with E-state index in [0.717, 1.165) is 0 Å². The quantitative estimate of drug-likeness (QED) is 0.618. The summed E-state index contributed by atoms with van der Waals surface area (Å²) in [5, 5.41) is 0. The van der Waals surface area contributed by atoms with Gasteiger partial charge >= 0.3 is 0 Å². The van der Waals surface area contributed by atoms with Crippen molar-refractivity contribution in [2.45, 2.75) is 0 Å². The highest BCUT2D eigenvalue weighted by atomic mass is 14.6. The molecule has 0 atom stereocenters. The second-order valence-electron chi connectivity index (χ2n) is 3.06. The zero-order chi connectivity index (χ0) is 12.0. The number of aromatic amines is 1. The molecule has 2 heteroatoms. The van der Waals surface area contributed by atoms with Crippen LogP contribution in [0.4, 0.5) is 0 Å². The van der Waals surface area contributed by atoms with Gasteiger partial charge in [-0.1, -0.05) is 42.5 Å². The molecule has 0 aliphatic heterocycles. The van der Waals surface area contributed by atoms with Gasteiger partial charge in [0.2, 0.25) is 0 Å². The lowest BCUT2D eigenvalue weighted by Crippen LogP contribution is -1.58. The maximum atomic E-state index is 3.78. The number of nitrogens with one attached hydrogen (secondary N) is 1. The lowest BCUT2D eigenvalue weighted by atomic mass is 10.4. The standard InChI is InChI=1S/C6H6.C5H5N.C4H5N/c2*1-2-4-6-5-3-1;1-2-4-5-3-1/h1-6H;1-5H;1-5H. The van der Waals surface area contributed by atoms with Crippen LogP contribution in [0.3, 0.4) is 0 Å². The van der Waals surface area contributed by atoms with Gasteiger partial charge in [-0.15, -0.1) is 0 Å². The Kier molecular flexibility index (Phi) is 7.61. The summed E-state index contributed by atoms with van der Waals surface area (Å²) < 4.78 is 0. The van der Waals surface area contributed by atoms with Gasteiger partial charge in [0, 0.05) is 24.8 Å². The molecule has 0 saturated heterocycles. The number of hydrogen-bond acceptors (Lipinski definition) is 1. The largest absolute Gasteiger partial charge is 0.368 e. The van der Waals surface area contributed by atoms with Gasteiger partial charge in [0.05, 0.1) is 0 Å². The van der Waals surface area contributed by atoms with Gasteiger partial charge < -0.3 is 4.98 Å². The maximum absolute atomic E-state index is 3.78. The number of rotatable bonds is 0. The minimum atomic E-state index is 1.75. The molecule has 2 nitrogen and oxygen atoms in total. The van der Waals surface area contributed by atoms with Crippen LogP contribution in [0.2, 0.25) is 0 Å². The highest BCUT2D eigenvalue weighted by Crippen LogP contribution is 1.80. The smallest absolute Gasteiger partial charge is 0.0267 e. The number of pyridine rings is 1. The SMILES string of the molecule is c1cc[nH]c1.c1ccccc1.c1ccncc1. The summed E-state index contributed by atoms with van der Waals surface area (Å²) in [5.41, 5.74) is 0. The fourth-order valence-corrected chi connectivity index (χ4v) is 0.975. The predicted octanol–water partition coefficient (Wildman–Crippen LogP) is 3.78. The van der Waals surface area contributed by atoms with Crippen molar-refractivity contribution in [2.24, 2.45) is 0 Å².